The highest BCUT2D eigenvalue weighted by atomic mass is 16.5. The Balaban J connectivity index is 0.000000254. The fraction of sp³-hybridized carbons (Fsp3) is 0.357. The van der Waals surface area contributed by atoms with Crippen molar-refractivity contribution < 1.29 is 14.3 Å². The van der Waals surface area contributed by atoms with Crippen LogP contribution in [0.2, 0.25) is 0 Å². The van der Waals surface area contributed by atoms with Crippen molar-refractivity contribution in [3.05, 3.63) is 83.0 Å². The summed E-state index contributed by atoms with van der Waals surface area (Å²) in [5.41, 5.74) is 10.4. The smallest absolute Gasteiger partial charge is 0.248 e. The first kappa shape index (κ1) is 25.9. The highest BCUT2D eigenvalue weighted by Crippen LogP contribution is 2.25. The SMILES string of the molecule is CCC(C)/C(=C\C(C(N)=O)=C(C)C)Cc1ccccc1.O=C1CCCOc2ccccc2N1. The second-order valence-corrected chi connectivity index (χ2v) is 8.47. The molecule has 176 valence electrons. The number of ether oxygens (including phenoxy) is 1. The summed E-state index contributed by atoms with van der Waals surface area (Å²) in [6, 6.07) is 17.8. The third-order valence-corrected chi connectivity index (χ3v) is 5.60. The third kappa shape index (κ3) is 8.60. The van der Waals surface area contributed by atoms with Gasteiger partial charge in [0.15, 0.2) is 0 Å². The average molecular weight is 449 g/mol. The molecule has 1 aliphatic heterocycles. The number of nitrogens with two attached hydrogens (primary N) is 1. The van der Waals surface area contributed by atoms with Gasteiger partial charge in [0.05, 0.1) is 12.3 Å². The fourth-order valence-electron chi connectivity index (χ4n) is 3.43. The van der Waals surface area contributed by atoms with Crippen molar-refractivity contribution in [1.82, 2.24) is 0 Å². The normalized spacial score (nSPS) is 14.2. The van der Waals surface area contributed by atoms with Crippen molar-refractivity contribution in [3.63, 3.8) is 0 Å². The van der Waals surface area contributed by atoms with Crippen LogP contribution in [0.5, 0.6) is 5.75 Å². The molecule has 0 radical (unpaired) electrons. The van der Waals surface area contributed by atoms with Gasteiger partial charge in [0.1, 0.15) is 5.75 Å². The molecular formula is C28H36N2O3. The van der Waals surface area contributed by atoms with Gasteiger partial charge in [-0.2, -0.15) is 0 Å². The number of allylic oxidation sites excluding steroid dienone is 2. The first-order valence-electron chi connectivity index (χ1n) is 11.5. The molecule has 3 N–H and O–H groups in total. The van der Waals surface area contributed by atoms with Crippen LogP contribution in [0, 0.1) is 5.92 Å². The van der Waals surface area contributed by atoms with Gasteiger partial charge in [-0.15, -0.1) is 0 Å². The standard InChI is InChI=1S/C18H25NO.C10H11NO2/c1-5-14(4)16(11-15-9-7-6-8-10-15)12-17(13(2)3)18(19)20;12-10-6-3-7-13-9-5-2-1-4-8(9)11-10/h6-10,12,14H,5,11H2,1-4H3,(H2,19,20);1-2,4-5H,3,6-7H2,(H,11,12)/b16-12-;. The molecule has 0 spiro atoms. The zero-order valence-electron chi connectivity index (χ0n) is 20.2. The van der Waals surface area contributed by atoms with Crippen LogP contribution < -0.4 is 15.8 Å². The molecule has 0 fully saturated rings. The number of nitrogens with one attached hydrogen (secondary N) is 1. The van der Waals surface area contributed by atoms with Gasteiger partial charge in [0, 0.05) is 12.0 Å². The quantitative estimate of drug-likeness (QED) is 0.431. The second kappa shape index (κ2) is 13.3. The van der Waals surface area contributed by atoms with E-state index in [2.05, 4.69) is 31.3 Å². The number of rotatable bonds is 6. The average Bonchev–Trinajstić information content (AvgIpc) is 2.79. The molecule has 0 aliphatic carbocycles. The minimum absolute atomic E-state index is 0.0655. The Labute approximate surface area is 197 Å². The number of fused-ring (bicyclic) bond motifs is 1. The zero-order valence-corrected chi connectivity index (χ0v) is 20.2. The number of amides is 2. The van der Waals surface area contributed by atoms with E-state index in [4.69, 9.17) is 10.5 Å². The number of hydrogen-bond acceptors (Lipinski definition) is 3. The monoisotopic (exact) mass is 448 g/mol. The van der Waals surface area contributed by atoms with Crippen molar-refractivity contribution in [2.24, 2.45) is 11.7 Å². The zero-order chi connectivity index (χ0) is 24.2. The maximum atomic E-state index is 11.6. The lowest BCUT2D eigenvalue weighted by atomic mass is 9.90. The number of para-hydroxylation sites is 2. The van der Waals surface area contributed by atoms with Gasteiger partial charge in [-0.1, -0.05) is 67.5 Å². The Bertz CT molecular complexity index is 989. The minimum atomic E-state index is -0.348. The van der Waals surface area contributed by atoms with E-state index >= 15 is 0 Å². The summed E-state index contributed by atoms with van der Waals surface area (Å²) in [4.78, 5) is 22.8. The Kier molecular flexibility index (Phi) is 10.4. The summed E-state index contributed by atoms with van der Waals surface area (Å²) < 4.78 is 5.46. The van der Waals surface area contributed by atoms with Crippen molar-refractivity contribution in [2.45, 2.75) is 53.4 Å². The summed E-state index contributed by atoms with van der Waals surface area (Å²) in [7, 11) is 0. The van der Waals surface area contributed by atoms with E-state index < -0.39 is 0 Å². The number of anilines is 1. The van der Waals surface area contributed by atoms with E-state index in [0.717, 1.165) is 36.3 Å². The molecule has 2 amide bonds. The van der Waals surface area contributed by atoms with Crippen LogP contribution in [0.15, 0.2) is 77.4 Å². The van der Waals surface area contributed by atoms with Gasteiger partial charge >= 0.3 is 0 Å². The van der Waals surface area contributed by atoms with E-state index in [0.29, 0.717) is 24.5 Å². The van der Waals surface area contributed by atoms with E-state index in [-0.39, 0.29) is 11.8 Å². The molecule has 1 unspecified atom stereocenters. The molecule has 1 aliphatic rings. The van der Waals surface area contributed by atoms with Gasteiger partial charge in [0.25, 0.3) is 0 Å². The Morgan fingerprint density at radius 2 is 1.79 bits per heavy atom. The summed E-state index contributed by atoms with van der Waals surface area (Å²) in [5, 5.41) is 2.80. The summed E-state index contributed by atoms with van der Waals surface area (Å²) in [6.07, 6.45) is 5.21. The molecule has 33 heavy (non-hydrogen) atoms. The van der Waals surface area contributed by atoms with E-state index in [1.54, 1.807) is 0 Å². The lowest BCUT2D eigenvalue weighted by Crippen LogP contribution is -2.16. The first-order valence-corrected chi connectivity index (χ1v) is 11.5. The lowest BCUT2D eigenvalue weighted by molar-refractivity contribution is -0.116. The van der Waals surface area contributed by atoms with Crippen LogP contribution in [0.3, 0.4) is 0 Å². The second-order valence-electron chi connectivity index (χ2n) is 8.47. The van der Waals surface area contributed by atoms with Crippen LogP contribution in [-0.4, -0.2) is 18.4 Å². The van der Waals surface area contributed by atoms with Crippen molar-refractivity contribution in [2.75, 3.05) is 11.9 Å². The van der Waals surface area contributed by atoms with E-state index in [1.165, 1.54) is 11.1 Å². The van der Waals surface area contributed by atoms with Crippen LogP contribution in [0.25, 0.3) is 0 Å². The molecule has 2 aromatic rings. The fourth-order valence-corrected chi connectivity index (χ4v) is 3.43. The number of carbonyl (C=O) groups excluding carboxylic acids is 2. The summed E-state index contributed by atoms with van der Waals surface area (Å²) in [5.74, 6) is 0.911. The highest BCUT2D eigenvalue weighted by molar-refractivity contribution is 5.95. The third-order valence-electron chi connectivity index (χ3n) is 5.60. The van der Waals surface area contributed by atoms with Gasteiger partial charge in [-0.25, -0.2) is 0 Å². The van der Waals surface area contributed by atoms with Crippen molar-refractivity contribution in [3.8, 4) is 5.75 Å². The number of benzene rings is 2. The molecule has 0 aromatic heterocycles. The number of primary amides is 1. The Hall–Kier alpha value is -3.34. The van der Waals surface area contributed by atoms with E-state index in [1.807, 2.05) is 62.4 Å². The predicted molar refractivity (Wildman–Crippen MR) is 135 cm³/mol. The van der Waals surface area contributed by atoms with Crippen LogP contribution in [0.1, 0.15) is 52.5 Å². The first-order chi connectivity index (χ1) is 15.8. The van der Waals surface area contributed by atoms with E-state index in [9.17, 15) is 9.59 Å². The number of carbonyl (C=O) groups is 2. The van der Waals surface area contributed by atoms with Crippen molar-refractivity contribution >= 4 is 17.5 Å². The van der Waals surface area contributed by atoms with Crippen LogP contribution in [0.4, 0.5) is 5.69 Å². The maximum Gasteiger partial charge on any atom is 0.248 e. The Morgan fingerprint density at radius 1 is 1.12 bits per heavy atom. The van der Waals surface area contributed by atoms with Crippen molar-refractivity contribution in [1.29, 1.82) is 0 Å². The molecule has 0 saturated heterocycles. The van der Waals surface area contributed by atoms with Gasteiger partial charge < -0.3 is 15.8 Å². The van der Waals surface area contributed by atoms with Gasteiger partial charge in [-0.3, -0.25) is 9.59 Å². The predicted octanol–water partition coefficient (Wildman–Crippen LogP) is 5.82. The van der Waals surface area contributed by atoms with Gasteiger partial charge in [0.2, 0.25) is 11.8 Å². The highest BCUT2D eigenvalue weighted by Gasteiger charge is 2.12. The van der Waals surface area contributed by atoms with Gasteiger partial charge in [-0.05, 0) is 62.8 Å². The summed E-state index contributed by atoms with van der Waals surface area (Å²) >= 11 is 0. The van der Waals surface area contributed by atoms with Crippen LogP contribution in [-0.2, 0) is 16.0 Å². The molecule has 5 nitrogen and oxygen atoms in total. The molecular weight excluding hydrogens is 412 g/mol. The minimum Gasteiger partial charge on any atom is -0.491 e. The molecule has 0 bridgehead atoms. The molecule has 3 rings (SSSR count). The molecule has 1 atom stereocenters. The largest absolute Gasteiger partial charge is 0.491 e. The summed E-state index contributed by atoms with van der Waals surface area (Å²) in [6.45, 7) is 8.82. The lowest BCUT2D eigenvalue weighted by Gasteiger charge is -2.15. The molecule has 2 aromatic carbocycles. The molecule has 1 heterocycles. The maximum absolute atomic E-state index is 11.6. The number of hydrogen-bond donors (Lipinski definition) is 2. The molecule has 5 heteroatoms. The Morgan fingerprint density at radius 3 is 2.42 bits per heavy atom. The topological polar surface area (TPSA) is 81.4 Å². The molecule has 0 saturated carbocycles. The van der Waals surface area contributed by atoms with Crippen LogP contribution >= 0.6 is 0 Å².